The standard InChI is InChI=1S/C27H25NO3/c1-19-27(17-24(27)21-11-7-4-8-12-21)26(29)28(18-20-9-5-3-6-10-20)25(31-19)22-13-15-23(30-2)16-14-22/h3-16,24-25H,1,17-18H2,2H3/t24?,25?,27-/m1/s1. The van der Waals surface area contributed by atoms with Gasteiger partial charge in [0.05, 0.1) is 7.11 Å². The van der Waals surface area contributed by atoms with Gasteiger partial charge >= 0.3 is 0 Å². The van der Waals surface area contributed by atoms with Crippen molar-refractivity contribution in [2.45, 2.75) is 25.1 Å². The largest absolute Gasteiger partial charge is 0.497 e. The molecule has 2 fully saturated rings. The van der Waals surface area contributed by atoms with Crippen molar-refractivity contribution in [2.24, 2.45) is 5.41 Å². The van der Waals surface area contributed by atoms with Crippen molar-refractivity contribution < 1.29 is 14.3 Å². The summed E-state index contributed by atoms with van der Waals surface area (Å²) in [7, 11) is 1.64. The number of nitrogens with zero attached hydrogens (tertiary/aromatic N) is 1. The minimum Gasteiger partial charge on any atom is -0.497 e. The number of carbonyl (C=O) groups is 1. The Bertz CT molecular complexity index is 1090. The molecule has 2 unspecified atom stereocenters. The number of hydrogen-bond donors (Lipinski definition) is 0. The second kappa shape index (κ2) is 7.62. The van der Waals surface area contributed by atoms with Crippen LogP contribution in [0.25, 0.3) is 0 Å². The van der Waals surface area contributed by atoms with Gasteiger partial charge in [-0.05, 0) is 41.8 Å². The van der Waals surface area contributed by atoms with Gasteiger partial charge in [0.25, 0.3) is 0 Å². The molecule has 1 aliphatic heterocycles. The predicted molar refractivity (Wildman–Crippen MR) is 119 cm³/mol. The molecule has 156 valence electrons. The number of benzene rings is 3. The Morgan fingerprint density at radius 3 is 2.26 bits per heavy atom. The molecular weight excluding hydrogens is 386 g/mol. The summed E-state index contributed by atoms with van der Waals surface area (Å²) >= 11 is 0. The van der Waals surface area contributed by atoms with Gasteiger partial charge in [0.2, 0.25) is 12.1 Å². The number of ether oxygens (including phenoxy) is 2. The first-order chi connectivity index (χ1) is 15.1. The first-order valence-electron chi connectivity index (χ1n) is 10.5. The molecule has 0 bridgehead atoms. The van der Waals surface area contributed by atoms with E-state index in [2.05, 4.69) is 18.7 Å². The van der Waals surface area contributed by atoms with E-state index in [4.69, 9.17) is 9.47 Å². The van der Waals surface area contributed by atoms with Crippen LogP contribution in [-0.2, 0) is 16.1 Å². The summed E-state index contributed by atoms with van der Waals surface area (Å²) in [6, 6.07) is 27.9. The van der Waals surface area contributed by atoms with Crippen LogP contribution in [0.3, 0.4) is 0 Å². The molecule has 4 nitrogen and oxygen atoms in total. The van der Waals surface area contributed by atoms with Gasteiger partial charge in [-0.3, -0.25) is 9.69 Å². The lowest BCUT2D eigenvalue weighted by Gasteiger charge is -2.41. The fraction of sp³-hybridized carbons (Fsp3) is 0.222. The highest BCUT2D eigenvalue weighted by Crippen LogP contribution is 2.67. The van der Waals surface area contributed by atoms with Crippen molar-refractivity contribution in [3.63, 3.8) is 0 Å². The van der Waals surface area contributed by atoms with Gasteiger partial charge < -0.3 is 9.47 Å². The van der Waals surface area contributed by atoms with E-state index >= 15 is 0 Å². The third-order valence-corrected chi connectivity index (χ3v) is 6.44. The molecule has 1 heterocycles. The lowest BCUT2D eigenvalue weighted by atomic mass is 9.92. The van der Waals surface area contributed by atoms with E-state index in [1.807, 2.05) is 77.7 Å². The van der Waals surface area contributed by atoms with Crippen LogP contribution in [0.1, 0.15) is 35.3 Å². The van der Waals surface area contributed by atoms with E-state index < -0.39 is 11.6 Å². The molecule has 1 amide bonds. The molecule has 3 aromatic rings. The van der Waals surface area contributed by atoms with Crippen LogP contribution in [0, 0.1) is 5.41 Å². The zero-order valence-electron chi connectivity index (χ0n) is 17.5. The van der Waals surface area contributed by atoms with Crippen LogP contribution in [0.15, 0.2) is 97.3 Å². The van der Waals surface area contributed by atoms with Gasteiger partial charge in [-0.2, -0.15) is 0 Å². The van der Waals surface area contributed by atoms with Crippen molar-refractivity contribution in [1.29, 1.82) is 0 Å². The quantitative estimate of drug-likeness (QED) is 0.561. The zero-order valence-corrected chi connectivity index (χ0v) is 17.5. The summed E-state index contributed by atoms with van der Waals surface area (Å²) < 4.78 is 11.7. The molecule has 0 N–H and O–H groups in total. The van der Waals surface area contributed by atoms with Crippen molar-refractivity contribution in [3.05, 3.63) is 114 Å². The second-order valence-electron chi connectivity index (χ2n) is 8.22. The van der Waals surface area contributed by atoms with Crippen LogP contribution in [0.2, 0.25) is 0 Å². The summed E-state index contributed by atoms with van der Waals surface area (Å²) in [6.45, 7) is 4.69. The van der Waals surface area contributed by atoms with Crippen molar-refractivity contribution >= 4 is 5.91 Å². The first-order valence-corrected chi connectivity index (χ1v) is 10.5. The van der Waals surface area contributed by atoms with E-state index in [0.29, 0.717) is 12.3 Å². The topological polar surface area (TPSA) is 38.8 Å². The smallest absolute Gasteiger partial charge is 0.240 e. The van der Waals surface area contributed by atoms with Gasteiger partial charge in [0, 0.05) is 18.0 Å². The van der Waals surface area contributed by atoms with E-state index in [1.165, 1.54) is 0 Å². The second-order valence-corrected chi connectivity index (χ2v) is 8.22. The Morgan fingerprint density at radius 2 is 1.61 bits per heavy atom. The number of rotatable bonds is 5. The first kappa shape index (κ1) is 19.4. The third kappa shape index (κ3) is 3.28. The van der Waals surface area contributed by atoms with Crippen molar-refractivity contribution in [2.75, 3.05) is 7.11 Å². The van der Waals surface area contributed by atoms with Crippen LogP contribution in [0.5, 0.6) is 5.75 Å². The summed E-state index contributed by atoms with van der Waals surface area (Å²) in [5, 5.41) is 0. The molecule has 1 saturated heterocycles. The molecule has 1 saturated carbocycles. The molecule has 2 aliphatic rings. The summed E-state index contributed by atoms with van der Waals surface area (Å²) in [5.74, 6) is 1.52. The average molecular weight is 412 g/mol. The van der Waals surface area contributed by atoms with Crippen molar-refractivity contribution in [3.8, 4) is 5.75 Å². The van der Waals surface area contributed by atoms with Crippen LogP contribution in [0.4, 0.5) is 0 Å². The van der Waals surface area contributed by atoms with Gasteiger partial charge in [0.1, 0.15) is 16.9 Å². The third-order valence-electron chi connectivity index (χ3n) is 6.44. The van der Waals surface area contributed by atoms with Crippen LogP contribution >= 0.6 is 0 Å². The number of hydrogen-bond acceptors (Lipinski definition) is 3. The minimum atomic E-state index is -0.681. The summed E-state index contributed by atoms with van der Waals surface area (Å²) in [6.07, 6.45) is 0.212. The summed E-state index contributed by atoms with van der Waals surface area (Å²) in [5.41, 5.74) is 2.44. The molecule has 4 heteroatoms. The predicted octanol–water partition coefficient (Wildman–Crippen LogP) is 5.44. The fourth-order valence-electron chi connectivity index (χ4n) is 4.63. The van der Waals surface area contributed by atoms with Gasteiger partial charge in [-0.15, -0.1) is 0 Å². The highest BCUT2D eigenvalue weighted by molar-refractivity contribution is 5.91. The molecule has 31 heavy (non-hydrogen) atoms. The Labute approximate surface area is 182 Å². The molecule has 0 radical (unpaired) electrons. The average Bonchev–Trinajstić information content (AvgIpc) is 3.58. The Morgan fingerprint density at radius 1 is 0.968 bits per heavy atom. The number of carbonyl (C=O) groups excluding carboxylic acids is 1. The normalized spacial score (nSPS) is 24.7. The minimum absolute atomic E-state index is 0.0854. The van der Waals surface area contributed by atoms with Crippen LogP contribution in [-0.4, -0.2) is 17.9 Å². The fourth-order valence-corrected chi connectivity index (χ4v) is 4.63. The highest BCUT2D eigenvalue weighted by Gasteiger charge is 2.67. The van der Waals surface area contributed by atoms with Crippen molar-refractivity contribution in [1.82, 2.24) is 4.90 Å². The zero-order chi connectivity index (χ0) is 21.4. The molecule has 3 atom stereocenters. The maximum atomic E-state index is 14.0. The maximum absolute atomic E-state index is 14.0. The summed E-state index contributed by atoms with van der Waals surface area (Å²) in [4.78, 5) is 15.8. The molecular formula is C27H25NO3. The van der Waals surface area contributed by atoms with Gasteiger partial charge in [0.15, 0.2) is 0 Å². The van der Waals surface area contributed by atoms with E-state index in [-0.39, 0.29) is 11.8 Å². The van der Waals surface area contributed by atoms with Crippen LogP contribution < -0.4 is 4.74 Å². The molecule has 5 rings (SSSR count). The Kier molecular flexibility index (Phi) is 4.78. The maximum Gasteiger partial charge on any atom is 0.240 e. The molecule has 1 spiro atoms. The Hall–Kier alpha value is -3.53. The van der Waals surface area contributed by atoms with E-state index in [1.54, 1.807) is 7.11 Å². The molecule has 1 aliphatic carbocycles. The highest BCUT2D eigenvalue weighted by atomic mass is 16.5. The lowest BCUT2D eigenvalue weighted by molar-refractivity contribution is -0.164. The lowest BCUT2D eigenvalue weighted by Crippen LogP contribution is -2.46. The Balaban J connectivity index is 1.51. The van der Waals surface area contributed by atoms with E-state index in [0.717, 1.165) is 28.9 Å². The SMILES string of the molecule is C=C1OC(c2ccc(OC)cc2)N(Cc2ccccc2)C(=O)[C@]12CC2c1ccccc1. The van der Waals surface area contributed by atoms with Gasteiger partial charge in [-0.1, -0.05) is 67.2 Å². The van der Waals surface area contributed by atoms with E-state index in [9.17, 15) is 4.79 Å². The number of methoxy groups -OCH3 is 1. The van der Waals surface area contributed by atoms with Gasteiger partial charge in [-0.25, -0.2) is 0 Å². The number of amides is 1. The molecule has 3 aromatic carbocycles. The monoisotopic (exact) mass is 411 g/mol. The molecule has 0 aromatic heterocycles.